The van der Waals surface area contributed by atoms with Crippen LogP contribution in [0.2, 0.25) is 5.02 Å². The second-order valence-corrected chi connectivity index (χ2v) is 7.49. The molecule has 0 spiro atoms. The number of amides is 1. The van der Waals surface area contributed by atoms with Crippen LogP contribution >= 0.6 is 23.4 Å². The van der Waals surface area contributed by atoms with Gasteiger partial charge in [-0.25, -0.2) is 4.79 Å². The summed E-state index contributed by atoms with van der Waals surface area (Å²) in [6.07, 6.45) is 0. The average Bonchev–Trinajstić information content (AvgIpc) is 2.34. The molecule has 1 aromatic carbocycles. The van der Waals surface area contributed by atoms with Gasteiger partial charge in [0.2, 0.25) is 5.91 Å². The number of hydrogen-bond donors (Lipinski definition) is 2. The number of thioether (sulfide) groups is 1. The summed E-state index contributed by atoms with van der Waals surface area (Å²) in [6, 6.07) is 4.67. The van der Waals surface area contributed by atoms with E-state index in [1.165, 1.54) is 12.1 Å². The largest absolute Gasteiger partial charge is 0.480 e. The van der Waals surface area contributed by atoms with E-state index in [4.69, 9.17) is 21.4 Å². The minimum absolute atomic E-state index is 0.0174. The number of ether oxygens (including phenoxy) is 1. The monoisotopic (exact) mass is 331 g/mol. The molecule has 0 heterocycles. The fourth-order valence-electron chi connectivity index (χ4n) is 1.31. The molecule has 1 rings (SSSR count). The predicted molar refractivity (Wildman–Crippen MR) is 85.4 cm³/mol. The Morgan fingerprint density at radius 1 is 1.38 bits per heavy atom. The van der Waals surface area contributed by atoms with Crippen LogP contribution in [0.25, 0.3) is 0 Å². The van der Waals surface area contributed by atoms with Crippen LogP contribution in [0.1, 0.15) is 20.8 Å². The van der Waals surface area contributed by atoms with Gasteiger partial charge in [-0.05, 0) is 18.2 Å². The zero-order valence-electron chi connectivity index (χ0n) is 12.1. The predicted octanol–water partition coefficient (Wildman–Crippen LogP) is 3.27. The topological polar surface area (TPSA) is 75.6 Å². The normalized spacial score (nSPS) is 11.0. The Bertz CT molecular complexity index is 528. The SMILES string of the molecule is CC(C)(C)SCC(=O)Nc1ccc(OCC(=O)O)c(Cl)c1. The Balaban J connectivity index is 2.59. The van der Waals surface area contributed by atoms with Crippen molar-refractivity contribution in [3.63, 3.8) is 0 Å². The summed E-state index contributed by atoms with van der Waals surface area (Å²) in [5.74, 6) is -0.591. The van der Waals surface area contributed by atoms with E-state index in [0.29, 0.717) is 11.4 Å². The number of hydrogen-bond acceptors (Lipinski definition) is 4. The number of aliphatic carboxylic acids is 1. The maximum Gasteiger partial charge on any atom is 0.341 e. The van der Waals surface area contributed by atoms with Crippen molar-refractivity contribution >= 4 is 40.9 Å². The standard InChI is InChI=1S/C14H18ClNO4S/c1-14(2,3)21-8-12(17)16-9-4-5-11(10(15)6-9)20-7-13(18)19/h4-6H,7-8H2,1-3H3,(H,16,17)(H,18,19). The van der Waals surface area contributed by atoms with Gasteiger partial charge in [-0.3, -0.25) is 4.79 Å². The number of carboxylic acids is 1. The number of halogens is 1. The van der Waals surface area contributed by atoms with Gasteiger partial charge in [0, 0.05) is 10.4 Å². The maximum atomic E-state index is 11.8. The highest BCUT2D eigenvalue weighted by Crippen LogP contribution is 2.28. The second kappa shape index (κ2) is 7.56. The first-order valence-electron chi connectivity index (χ1n) is 6.25. The zero-order chi connectivity index (χ0) is 16.0. The number of carboxylic acid groups (broad SMARTS) is 1. The average molecular weight is 332 g/mol. The van der Waals surface area contributed by atoms with E-state index in [9.17, 15) is 9.59 Å². The van der Waals surface area contributed by atoms with Gasteiger partial charge in [-0.15, -0.1) is 11.8 Å². The minimum Gasteiger partial charge on any atom is -0.480 e. The molecule has 7 heteroatoms. The number of carbonyl (C=O) groups is 2. The molecular weight excluding hydrogens is 314 g/mol. The van der Waals surface area contributed by atoms with Crippen molar-refractivity contribution in [1.29, 1.82) is 0 Å². The Morgan fingerprint density at radius 2 is 2.05 bits per heavy atom. The van der Waals surface area contributed by atoms with Crippen molar-refractivity contribution in [3.8, 4) is 5.75 Å². The van der Waals surface area contributed by atoms with Gasteiger partial charge in [-0.2, -0.15) is 0 Å². The van der Waals surface area contributed by atoms with E-state index in [0.717, 1.165) is 0 Å². The van der Waals surface area contributed by atoms with Crippen LogP contribution in [-0.2, 0) is 9.59 Å². The highest BCUT2D eigenvalue weighted by molar-refractivity contribution is 8.01. The first-order chi connectivity index (χ1) is 9.67. The molecule has 0 aliphatic heterocycles. The van der Waals surface area contributed by atoms with Gasteiger partial charge >= 0.3 is 5.97 Å². The fourth-order valence-corrected chi connectivity index (χ4v) is 2.19. The number of carbonyl (C=O) groups excluding carboxylic acids is 1. The molecule has 0 atom stereocenters. The van der Waals surface area contributed by atoms with Crippen LogP contribution < -0.4 is 10.1 Å². The molecule has 0 aromatic heterocycles. The van der Waals surface area contributed by atoms with E-state index in [-0.39, 0.29) is 21.4 Å². The molecular formula is C14H18ClNO4S. The van der Waals surface area contributed by atoms with Gasteiger partial charge in [0.1, 0.15) is 5.75 Å². The van der Waals surface area contributed by atoms with Crippen LogP contribution in [0.15, 0.2) is 18.2 Å². The first-order valence-corrected chi connectivity index (χ1v) is 7.62. The van der Waals surface area contributed by atoms with Crippen molar-refractivity contribution in [2.24, 2.45) is 0 Å². The second-order valence-electron chi connectivity index (χ2n) is 5.28. The van der Waals surface area contributed by atoms with Gasteiger partial charge in [0.15, 0.2) is 6.61 Å². The molecule has 2 N–H and O–H groups in total. The summed E-state index contributed by atoms with van der Waals surface area (Å²) < 4.78 is 5.02. The third-order valence-electron chi connectivity index (χ3n) is 2.20. The molecule has 21 heavy (non-hydrogen) atoms. The molecule has 1 amide bonds. The Morgan fingerprint density at radius 3 is 2.57 bits per heavy atom. The van der Waals surface area contributed by atoms with E-state index in [1.54, 1.807) is 17.8 Å². The highest BCUT2D eigenvalue weighted by atomic mass is 35.5. The summed E-state index contributed by atoms with van der Waals surface area (Å²) in [6.45, 7) is 5.65. The molecule has 0 bridgehead atoms. The molecule has 0 aliphatic rings. The third-order valence-corrected chi connectivity index (χ3v) is 3.77. The third kappa shape index (κ3) is 7.24. The Labute approximate surface area is 133 Å². The van der Waals surface area contributed by atoms with Crippen LogP contribution in [0.4, 0.5) is 5.69 Å². The lowest BCUT2D eigenvalue weighted by molar-refractivity contribution is -0.139. The zero-order valence-corrected chi connectivity index (χ0v) is 13.7. The number of anilines is 1. The first kappa shape index (κ1) is 17.7. The van der Waals surface area contributed by atoms with Crippen LogP contribution in [0.5, 0.6) is 5.75 Å². The van der Waals surface area contributed by atoms with Crippen LogP contribution in [0, 0.1) is 0 Å². The number of benzene rings is 1. The molecule has 0 fully saturated rings. The molecule has 0 unspecified atom stereocenters. The Hall–Kier alpha value is -1.40. The quantitative estimate of drug-likeness (QED) is 0.836. The van der Waals surface area contributed by atoms with E-state index >= 15 is 0 Å². The Kier molecular flexibility index (Phi) is 6.36. The van der Waals surface area contributed by atoms with Crippen LogP contribution in [0.3, 0.4) is 0 Å². The van der Waals surface area contributed by atoms with Crippen molar-refractivity contribution in [2.45, 2.75) is 25.5 Å². The lowest BCUT2D eigenvalue weighted by Crippen LogP contribution is -2.18. The molecule has 0 radical (unpaired) electrons. The molecule has 0 saturated heterocycles. The maximum absolute atomic E-state index is 11.8. The summed E-state index contributed by atoms with van der Waals surface area (Å²) in [4.78, 5) is 22.2. The number of rotatable bonds is 6. The van der Waals surface area contributed by atoms with E-state index < -0.39 is 12.6 Å². The van der Waals surface area contributed by atoms with Crippen molar-refractivity contribution in [3.05, 3.63) is 23.2 Å². The molecule has 0 saturated carbocycles. The van der Waals surface area contributed by atoms with Gasteiger partial charge in [0.05, 0.1) is 10.8 Å². The molecule has 116 valence electrons. The van der Waals surface area contributed by atoms with Gasteiger partial charge in [-0.1, -0.05) is 32.4 Å². The molecule has 5 nitrogen and oxygen atoms in total. The highest BCUT2D eigenvalue weighted by Gasteiger charge is 2.14. The van der Waals surface area contributed by atoms with Crippen molar-refractivity contribution < 1.29 is 19.4 Å². The lowest BCUT2D eigenvalue weighted by Gasteiger charge is -2.17. The molecule has 1 aromatic rings. The smallest absolute Gasteiger partial charge is 0.341 e. The summed E-state index contributed by atoms with van der Waals surface area (Å²) in [7, 11) is 0. The summed E-state index contributed by atoms with van der Waals surface area (Å²) in [5, 5.41) is 11.5. The van der Waals surface area contributed by atoms with Gasteiger partial charge < -0.3 is 15.2 Å². The van der Waals surface area contributed by atoms with Crippen molar-refractivity contribution in [1.82, 2.24) is 0 Å². The van der Waals surface area contributed by atoms with Crippen molar-refractivity contribution in [2.75, 3.05) is 17.7 Å². The fraction of sp³-hybridized carbons (Fsp3) is 0.429. The molecule has 0 aliphatic carbocycles. The van der Waals surface area contributed by atoms with Gasteiger partial charge in [0.25, 0.3) is 0 Å². The number of nitrogens with one attached hydrogen (secondary N) is 1. The van der Waals surface area contributed by atoms with E-state index in [2.05, 4.69) is 5.32 Å². The summed E-state index contributed by atoms with van der Waals surface area (Å²) in [5.41, 5.74) is 0.544. The van der Waals surface area contributed by atoms with E-state index in [1.807, 2.05) is 20.8 Å². The summed E-state index contributed by atoms with van der Waals surface area (Å²) >= 11 is 7.52. The minimum atomic E-state index is -1.08. The lowest BCUT2D eigenvalue weighted by atomic mass is 10.3. The van der Waals surface area contributed by atoms with Crippen LogP contribution in [-0.4, -0.2) is 34.1 Å².